The lowest BCUT2D eigenvalue weighted by molar-refractivity contribution is 0.590. The molecule has 0 N–H and O–H groups in total. The minimum Gasteiger partial charge on any atom is -0.0573 e. The third-order valence-corrected chi connectivity index (χ3v) is 11.3. The molecule has 2 heteroatoms. The molecule has 0 aliphatic rings. The van der Waals surface area contributed by atoms with Gasteiger partial charge in [-0.1, -0.05) is 176 Å². The first-order valence-electron chi connectivity index (χ1n) is 17.2. The van der Waals surface area contributed by atoms with Gasteiger partial charge in [0, 0.05) is 8.95 Å². The van der Waals surface area contributed by atoms with Crippen LogP contribution < -0.4 is 0 Å². The molecule has 6 aromatic carbocycles. The minimum atomic E-state index is -0.000775. The maximum atomic E-state index is 3.94. The van der Waals surface area contributed by atoms with E-state index in [9.17, 15) is 0 Å². The SMILES string of the molecule is CC(C)(C)c1cc(Br)c2ccc3c(/C=C/c4ccc(C(C)(C)C)c5c4ccc4c(Br)cc(C(C)(C)C)cc45)ccc(C(C)(C)C)c3c2c1. The summed E-state index contributed by atoms with van der Waals surface area (Å²) in [6, 6.07) is 28.1. The monoisotopic (exact) mass is 760 g/mol. The summed E-state index contributed by atoms with van der Waals surface area (Å²) >= 11 is 7.89. The third-order valence-electron chi connectivity index (χ3n) is 9.98. The van der Waals surface area contributed by atoms with Gasteiger partial charge in [0.05, 0.1) is 0 Å². The van der Waals surface area contributed by atoms with Gasteiger partial charge in [0.15, 0.2) is 0 Å². The summed E-state index contributed by atoms with van der Waals surface area (Å²) in [6.45, 7) is 27.8. The lowest BCUT2D eigenvalue weighted by Crippen LogP contribution is -2.13. The number of hydrogen-bond donors (Lipinski definition) is 0. The normalized spacial score (nSPS) is 13.5. The molecule has 0 aromatic heterocycles. The molecule has 6 aromatic rings. The van der Waals surface area contributed by atoms with Crippen LogP contribution in [-0.2, 0) is 21.7 Å². The average Bonchev–Trinajstić information content (AvgIpc) is 2.97. The standard InChI is InChI=1S/C46H50Br2/c1-43(2,3)29-23-35-33(39(47)25-29)19-17-31-27(15-21-37(41(31)35)45(7,8)9)13-14-28-16-22-38(46(10,11)12)42-32(28)18-20-34-36(42)24-30(26-40(34)48)44(4,5)6/h13-26H,1-12H3/b14-13+. The molecule has 6 rings (SSSR count). The molecule has 248 valence electrons. The summed E-state index contributed by atoms with van der Waals surface area (Å²) in [5, 5.41) is 10.5. The Hall–Kier alpha value is -2.94. The number of benzene rings is 6. The van der Waals surface area contributed by atoms with E-state index < -0.39 is 0 Å². The van der Waals surface area contributed by atoms with Gasteiger partial charge in [-0.15, -0.1) is 0 Å². The summed E-state index contributed by atoms with van der Waals surface area (Å²) in [5.74, 6) is 0. The van der Waals surface area contributed by atoms with E-state index in [4.69, 9.17) is 0 Å². The van der Waals surface area contributed by atoms with Crippen molar-refractivity contribution in [3.63, 3.8) is 0 Å². The average molecular weight is 763 g/mol. The van der Waals surface area contributed by atoms with Crippen LogP contribution in [0.4, 0.5) is 0 Å². The van der Waals surface area contributed by atoms with Crippen LogP contribution >= 0.6 is 31.9 Å². The van der Waals surface area contributed by atoms with Crippen LogP contribution in [0, 0.1) is 0 Å². The second-order valence-electron chi connectivity index (χ2n) is 17.8. The molecule has 0 amide bonds. The maximum Gasteiger partial charge on any atom is 0.0256 e. The molecule has 0 aliphatic heterocycles. The first-order valence-corrected chi connectivity index (χ1v) is 18.8. The largest absolute Gasteiger partial charge is 0.0573 e. The van der Waals surface area contributed by atoms with Gasteiger partial charge in [0.2, 0.25) is 0 Å². The molecule has 0 saturated carbocycles. The van der Waals surface area contributed by atoms with Crippen molar-refractivity contribution in [3.8, 4) is 0 Å². The fourth-order valence-corrected chi connectivity index (χ4v) is 8.30. The molecule has 0 spiro atoms. The molecule has 0 fully saturated rings. The van der Waals surface area contributed by atoms with E-state index in [1.165, 1.54) is 76.5 Å². The van der Waals surface area contributed by atoms with E-state index in [-0.39, 0.29) is 21.7 Å². The highest BCUT2D eigenvalue weighted by molar-refractivity contribution is 9.11. The van der Waals surface area contributed by atoms with Crippen LogP contribution in [0.3, 0.4) is 0 Å². The van der Waals surface area contributed by atoms with Gasteiger partial charge in [-0.2, -0.15) is 0 Å². The molecule has 0 heterocycles. The molecule has 0 saturated heterocycles. The van der Waals surface area contributed by atoms with Gasteiger partial charge >= 0.3 is 0 Å². The predicted molar refractivity (Wildman–Crippen MR) is 222 cm³/mol. The number of fused-ring (bicyclic) bond motifs is 6. The molecule has 48 heavy (non-hydrogen) atoms. The Morgan fingerprint density at radius 2 is 0.708 bits per heavy atom. The van der Waals surface area contributed by atoms with Crippen molar-refractivity contribution in [2.24, 2.45) is 0 Å². The van der Waals surface area contributed by atoms with Crippen molar-refractivity contribution < 1.29 is 0 Å². The number of halogens is 2. The second-order valence-corrected chi connectivity index (χ2v) is 19.5. The number of rotatable bonds is 2. The van der Waals surface area contributed by atoms with Crippen molar-refractivity contribution in [1.29, 1.82) is 0 Å². The van der Waals surface area contributed by atoms with Gasteiger partial charge in [0.25, 0.3) is 0 Å². The van der Waals surface area contributed by atoms with Crippen LogP contribution in [0.5, 0.6) is 0 Å². The second kappa shape index (κ2) is 11.8. The van der Waals surface area contributed by atoms with E-state index in [1.807, 2.05) is 0 Å². The molecule has 0 atom stereocenters. The molecule has 0 bridgehead atoms. The fraction of sp³-hybridized carbons (Fsp3) is 0.348. The Bertz CT molecular complexity index is 2110. The van der Waals surface area contributed by atoms with Crippen molar-refractivity contribution in [2.45, 2.75) is 105 Å². The van der Waals surface area contributed by atoms with E-state index in [2.05, 4.69) is 200 Å². The Morgan fingerprint density at radius 1 is 0.375 bits per heavy atom. The van der Waals surface area contributed by atoms with Crippen molar-refractivity contribution in [3.05, 3.63) is 115 Å². The zero-order valence-corrected chi connectivity index (χ0v) is 34.0. The van der Waals surface area contributed by atoms with Crippen molar-refractivity contribution >= 4 is 87.1 Å². The molecule has 0 nitrogen and oxygen atoms in total. The Morgan fingerprint density at radius 3 is 1.02 bits per heavy atom. The molecule has 0 aliphatic carbocycles. The van der Waals surface area contributed by atoms with Gasteiger partial charge in [-0.25, -0.2) is 0 Å². The van der Waals surface area contributed by atoms with Gasteiger partial charge in [0.1, 0.15) is 0 Å². The highest BCUT2D eigenvalue weighted by Crippen LogP contribution is 2.43. The molecule has 0 unspecified atom stereocenters. The Kier molecular flexibility index (Phi) is 8.61. The summed E-state index contributed by atoms with van der Waals surface area (Å²) in [6.07, 6.45) is 4.67. The van der Waals surface area contributed by atoms with E-state index in [1.54, 1.807) is 0 Å². The lowest BCUT2D eigenvalue weighted by Gasteiger charge is -2.26. The zero-order valence-electron chi connectivity index (χ0n) is 30.8. The predicted octanol–water partition coefficient (Wildman–Crippen LogP) is 15.2. The quantitative estimate of drug-likeness (QED) is 0.122. The highest BCUT2D eigenvalue weighted by Gasteiger charge is 2.24. The Labute approximate surface area is 305 Å². The summed E-state index contributed by atoms with van der Waals surface area (Å²) in [5.41, 5.74) is 8.02. The van der Waals surface area contributed by atoms with Crippen molar-refractivity contribution in [1.82, 2.24) is 0 Å². The molecular weight excluding hydrogens is 712 g/mol. The summed E-state index contributed by atoms with van der Waals surface area (Å²) in [7, 11) is 0. The van der Waals surface area contributed by atoms with Crippen LogP contribution in [0.2, 0.25) is 0 Å². The van der Waals surface area contributed by atoms with Crippen LogP contribution in [-0.4, -0.2) is 0 Å². The fourth-order valence-electron chi connectivity index (χ4n) is 7.12. The van der Waals surface area contributed by atoms with E-state index in [0.29, 0.717) is 0 Å². The topological polar surface area (TPSA) is 0 Å². The van der Waals surface area contributed by atoms with Crippen LogP contribution in [0.1, 0.15) is 116 Å². The smallest absolute Gasteiger partial charge is 0.0256 e. The number of hydrogen-bond acceptors (Lipinski definition) is 0. The first-order chi connectivity index (χ1) is 22.2. The van der Waals surface area contributed by atoms with Crippen LogP contribution in [0.15, 0.2) is 81.7 Å². The summed E-state index contributed by atoms with van der Waals surface area (Å²) < 4.78 is 2.32. The molecular formula is C46H50Br2. The summed E-state index contributed by atoms with van der Waals surface area (Å²) in [4.78, 5) is 0. The highest BCUT2D eigenvalue weighted by atomic mass is 79.9. The van der Waals surface area contributed by atoms with Gasteiger partial charge in [-0.3, -0.25) is 0 Å². The Balaban J connectivity index is 1.63. The van der Waals surface area contributed by atoms with Gasteiger partial charge in [-0.05, 0) is 122 Å². The zero-order chi connectivity index (χ0) is 35.1. The van der Waals surface area contributed by atoms with Gasteiger partial charge < -0.3 is 0 Å². The molecule has 0 radical (unpaired) electrons. The van der Waals surface area contributed by atoms with Crippen LogP contribution in [0.25, 0.3) is 55.2 Å². The lowest BCUT2D eigenvalue weighted by atomic mass is 9.79. The third kappa shape index (κ3) is 6.29. The first kappa shape index (κ1) is 34.9. The van der Waals surface area contributed by atoms with Crippen molar-refractivity contribution in [2.75, 3.05) is 0 Å². The van der Waals surface area contributed by atoms with E-state index >= 15 is 0 Å². The maximum absolute atomic E-state index is 3.94. The van der Waals surface area contributed by atoms with E-state index in [0.717, 1.165) is 8.95 Å². The minimum absolute atomic E-state index is 0.000775.